The molecule has 0 saturated heterocycles. The van der Waals surface area contributed by atoms with Crippen LogP contribution in [0.2, 0.25) is 0 Å². The third kappa shape index (κ3) is 3.97. The number of hydrogen-bond acceptors (Lipinski definition) is 3. The smallest absolute Gasteiger partial charge is 0.441 e. The van der Waals surface area contributed by atoms with E-state index in [1.54, 1.807) is 22.8 Å². The molecule has 0 fully saturated rings. The van der Waals surface area contributed by atoms with Gasteiger partial charge in [-0.1, -0.05) is 6.07 Å². The van der Waals surface area contributed by atoms with Gasteiger partial charge in [0.25, 0.3) is 0 Å². The Balaban J connectivity index is 2.31. The van der Waals surface area contributed by atoms with Crippen LogP contribution in [0.25, 0.3) is 11.0 Å². The van der Waals surface area contributed by atoms with Gasteiger partial charge in [-0.25, -0.2) is 4.98 Å². The monoisotopic (exact) mass is 338 g/mol. The first-order valence-electron chi connectivity index (χ1n) is 6.34. The molecule has 0 amide bonds. The van der Waals surface area contributed by atoms with Crippen LogP contribution in [-0.2, 0) is 12.4 Å². The fraction of sp³-hybridized carbons (Fsp3) is 0.462. The summed E-state index contributed by atoms with van der Waals surface area (Å²) >= 11 is 5.80. The van der Waals surface area contributed by atoms with E-state index < -0.39 is 5.51 Å². The van der Waals surface area contributed by atoms with Crippen molar-refractivity contribution in [3.63, 3.8) is 0 Å². The van der Waals surface area contributed by atoms with Gasteiger partial charge in [-0.05, 0) is 30.8 Å². The fourth-order valence-electron chi connectivity index (χ4n) is 2.05. The van der Waals surface area contributed by atoms with E-state index in [0.717, 1.165) is 5.52 Å². The summed E-state index contributed by atoms with van der Waals surface area (Å²) in [6.45, 7) is 2.54. The summed E-state index contributed by atoms with van der Waals surface area (Å²) in [5.74, 6) is 1.21. The quantitative estimate of drug-likeness (QED) is 0.729. The summed E-state index contributed by atoms with van der Waals surface area (Å²) in [5, 5.41) is 0. The number of aryl methyl sites for hydroxylation is 1. The Kier molecular flexibility index (Phi) is 5.27. The topological polar surface area (TPSA) is 27.1 Å². The molecule has 1 aromatic carbocycles. The predicted octanol–water partition coefficient (Wildman–Crippen LogP) is 4.43. The van der Waals surface area contributed by atoms with Crippen LogP contribution >= 0.6 is 23.4 Å². The van der Waals surface area contributed by atoms with Crippen LogP contribution in [0.4, 0.5) is 13.2 Å². The molecule has 0 aliphatic carbocycles. The molecule has 116 valence electrons. The average Bonchev–Trinajstić information content (AvgIpc) is 2.77. The molecule has 0 unspecified atom stereocenters. The first kappa shape index (κ1) is 16.3. The van der Waals surface area contributed by atoms with Gasteiger partial charge in [0.1, 0.15) is 17.1 Å². The van der Waals surface area contributed by atoms with Gasteiger partial charge in [-0.2, -0.15) is 13.2 Å². The van der Waals surface area contributed by atoms with Crippen LogP contribution in [0.15, 0.2) is 18.2 Å². The predicted molar refractivity (Wildman–Crippen MR) is 79.0 cm³/mol. The number of fused-ring (bicyclic) bond motifs is 1. The summed E-state index contributed by atoms with van der Waals surface area (Å²) < 4.78 is 43.9. The number of alkyl halides is 4. The zero-order chi connectivity index (χ0) is 15.5. The molecular formula is C13H14ClF3N2OS. The Labute approximate surface area is 129 Å². The number of ether oxygens (including phenoxy) is 1. The number of imidazole rings is 1. The van der Waals surface area contributed by atoms with Crippen molar-refractivity contribution in [2.45, 2.75) is 24.9 Å². The van der Waals surface area contributed by atoms with Crippen molar-refractivity contribution >= 4 is 34.4 Å². The normalized spacial score (nSPS) is 12.0. The van der Waals surface area contributed by atoms with Crippen molar-refractivity contribution in [3.05, 3.63) is 24.0 Å². The lowest BCUT2D eigenvalue weighted by molar-refractivity contribution is -0.0328. The molecular weight excluding hydrogens is 325 g/mol. The first-order valence-corrected chi connectivity index (χ1v) is 7.86. The minimum absolute atomic E-state index is 0.0489. The Morgan fingerprint density at radius 2 is 2.14 bits per heavy atom. The molecule has 0 saturated carbocycles. The highest BCUT2D eigenvalue weighted by molar-refractivity contribution is 8.00. The van der Waals surface area contributed by atoms with E-state index in [0.29, 0.717) is 23.7 Å². The van der Waals surface area contributed by atoms with E-state index in [1.807, 2.05) is 6.92 Å². The van der Waals surface area contributed by atoms with Crippen molar-refractivity contribution in [1.82, 2.24) is 9.55 Å². The van der Waals surface area contributed by atoms with E-state index in [-0.39, 0.29) is 29.9 Å². The molecule has 0 N–H and O–H groups in total. The lowest BCUT2D eigenvalue weighted by atomic mass is 10.3. The maximum atomic E-state index is 12.2. The summed E-state index contributed by atoms with van der Waals surface area (Å²) in [6.07, 6.45) is 0. The van der Waals surface area contributed by atoms with Gasteiger partial charge in [0.15, 0.2) is 0 Å². The molecule has 0 aliphatic rings. The summed E-state index contributed by atoms with van der Waals surface area (Å²) in [5.41, 5.74) is -2.86. The van der Waals surface area contributed by atoms with Crippen molar-refractivity contribution in [1.29, 1.82) is 0 Å². The Bertz CT molecular complexity index is 615. The molecule has 1 aromatic heterocycles. The third-order valence-corrected chi connectivity index (χ3v) is 3.77. The maximum Gasteiger partial charge on any atom is 0.441 e. The van der Waals surface area contributed by atoms with Crippen LogP contribution in [0.1, 0.15) is 12.7 Å². The fourth-order valence-corrected chi connectivity index (χ4v) is 2.75. The Morgan fingerprint density at radius 1 is 1.38 bits per heavy atom. The number of para-hydroxylation sites is 1. The molecule has 2 rings (SSSR count). The Hall–Kier alpha value is -1.08. The molecule has 21 heavy (non-hydrogen) atoms. The first-order chi connectivity index (χ1) is 9.96. The van der Waals surface area contributed by atoms with E-state index in [2.05, 4.69) is 4.98 Å². The third-order valence-electron chi connectivity index (χ3n) is 2.82. The minimum atomic E-state index is -4.23. The molecule has 3 nitrogen and oxygen atoms in total. The number of aromatic nitrogens is 2. The molecule has 8 heteroatoms. The number of halogens is 4. The zero-order valence-electron chi connectivity index (χ0n) is 11.3. The van der Waals surface area contributed by atoms with Crippen LogP contribution in [-0.4, -0.2) is 27.4 Å². The van der Waals surface area contributed by atoms with Crippen molar-refractivity contribution in [2.24, 2.45) is 0 Å². The van der Waals surface area contributed by atoms with Gasteiger partial charge in [0, 0.05) is 12.3 Å². The average molecular weight is 339 g/mol. The highest BCUT2D eigenvalue weighted by Crippen LogP contribution is 2.31. The SMILES string of the molecule is CCOc1cccc2c1nc(CCl)n2CCSC(F)(F)F. The number of thioether (sulfide) groups is 1. The summed E-state index contributed by atoms with van der Waals surface area (Å²) in [4.78, 5) is 4.38. The number of hydrogen-bond donors (Lipinski definition) is 0. The maximum absolute atomic E-state index is 12.2. The van der Waals surface area contributed by atoms with Gasteiger partial charge in [0.05, 0.1) is 18.0 Å². The largest absolute Gasteiger partial charge is 0.492 e. The highest BCUT2D eigenvalue weighted by atomic mass is 35.5. The van der Waals surface area contributed by atoms with E-state index in [4.69, 9.17) is 16.3 Å². The molecule has 0 spiro atoms. The second kappa shape index (κ2) is 6.79. The van der Waals surface area contributed by atoms with Crippen LogP contribution in [0.5, 0.6) is 5.75 Å². The lowest BCUT2D eigenvalue weighted by Crippen LogP contribution is -2.09. The molecule has 1 heterocycles. The second-order valence-corrected chi connectivity index (χ2v) is 5.59. The van der Waals surface area contributed by atoms with Gasteiger partial charge in [-0.3, -0.25) is 0 Å². The second-order valence-electron chi connectivity index (χ2n) is 4.16. The zero-order valence-corrected chi connectivity index (χ0v) is 12.9. The molecule has 0 aliphatic heterocycles. The van der Waals surface area contributed by atoms with Crippen molar-refractivity contribution in [3.8, 4) is 5.75 Å². The highest BCUT2D eigenvalue weighted by Gasteiger charge is 2.27. The van der Waals surface area contributed by atoms with E-state index in [9.17, 15) is 13.2 Å². The van der Waals surface area contributed by atoms with Crippen molar-refractivity contribution < 1.29 is 17.9 Å². The number of nitrogens with zero attached hydrogens (tertiary/aromatic N) is 2. The van der Waals surface area contributed by atoms with Gasteiger partial charge >= 0.3 is 5.51 Å². The van der Waals surface area contributed by atoms with E-state index >= 15 is 0 Å². The molecule has 0 radical (unpaired) electrons. The summed E-state index contributed by atoms with van der Waals surface area (Å²) in [6, 6.07) is 5.38. The standard InChI is InChI=1S/C13H14ClF3N2OS/c1-2-20-10-5-3-4-9-12(10)18-11(8-14)19(9)6-7-21-13(15,16)17/h3-5H,2,6-8H2,1H3. The number of rotatable bonds is 6. The summed E-state index contributed by atoms with van der Waals surface area (Å²) in [7, 11) is 0. The van der Waals surface area contributed by atoms with Gasteiger partial charge in [0.2, 0.25) is 0 Å². The number of benzene rings is 1. The minimum Gasteiger partial charge on any atom is -0.492 e. The van der Waals surface area contributed by atoms with Gasteiger partial charge in [-0.15, -0.1) is 11.6 Å². The molecule has 0 bridgehead atoms. The van der Waals surface area contributed by atoms with E-state index in [1.165, 1.54) is 0 Å². The van der Waals surface area contributed by atoms with Crippen LogP contribution < -0.4 is 4.74 Å². The van der Waals surface area contributed by atoms with Crippen LogP contribution in [0.3, 0.4) is 0 Å². The van der Waals surface area contributed by atoms with Crippen LogP contribution in [0, 0.1) is 0 Å². The molecule has 2 aromatic rings. The lowest BCUT2D eigenvalue weighted by Gasteiger charge is -2.09. The Morgan fingerprint density at radius 3 is 2.76 bits per heavy atom. The molecule has 0 atom stereocenters. The van der Waals surface area contributed by atoms with Crippen molar-refractivity contribution in [2.75, 3.05) is 12.4 Å². The van der Waals surface area contributed by atoms with Gasteiger partial charge < -0.3 is 9.30 Å².